The lowest BCUT2D eigenvalue weighted by Gasteiger charge is -2.14. The van der Waals surface area contributed by atoms with Gasteiger partial charge in [-0.2, -0.15) is 0 Å². The molecule has 1 aromatic carbocycles. The summed E-state index contributed by atoms with van der Waals surface area (Å²) in [7, 11) is -3.75. The number of rotatable bonds is 4. The van der Waals surface area contributed by atoms with Crippen molar-refractivity contribution < 1.29 is 13.5 Å². The van der Waals surface area contributed by atoms with E-state index in [4.69, 9.17) is 10.8 Å². The summed E-state index contributed by atoms with van der Waals surface area (Å²) in [5, 5.41) is 8.85. The Morgan fingerprint density at radius 2 is 2.06 bits per heavy atom. The van der Waals surface area contributed by atoms with Crippen LogP contribution in [0.5, 0.6) is 0 Å². The van der Waals surface area contributed by atoms with Gasteiger partial charge in [-0.1, -0.05) is 15.9 Å². The molecule has 0 radical (unpaired) electrons. The molecule has 0 aliphatic heterocycles. The van der Waals surface area contributed by atoms with Gasteiger partial charge in [0.05, 0.1) is 12.3 Å². The van der Waals surface area contributed by atoms with Gasteiger partial charge in [-0.05, 0) is 35.0 Å². The summed E-state index contributed by atoms with van der Waals surface area (Å²) in [6.45, 7) is 1.27. The Morgan fingerprint density at radius 3 is 2.53 bits per heavy atom. The first-order chi connectivity index (χ1) is 7.77. The largest absolute Gasteiger partial charge is 0.398 e. The van der Waals surface area contributed by atoms with Gasteiger partial charge < -0.3 is 10.8 Å². The third kappa shape index (κ3) is 3.65. The number of halogens is 2. The van der Waals surface area contributed by atoms with Crippen LogP contribution in [0.4, 0.5) is 5.69 Å². The molecule has 0 saturated heterocycles. The van der Waals surface area contributed by atoms with Crippen molar-refractivity contribution >= 4 is 47.6 Å². The highest BCUT2D eigenvalue weighted by Gasteiger charge is 2.23. The molecule has 0 bridgehead atoms. The van der Waals surface area contributed by atoms with Gasteiger partial charge in [0.2, 0.25) is 10.0 Å². The van der Waals surface area contributed by atoms with Crippen LogP contribution in [-0.4, -0.2) is 26.2 Å². The normalized spacial score (nSPS) is 13.6. The summed E-state index contributed by atoms with van der Waals surface area (Å²) in [5.74, 6) is 0. The minimum atomic E-state index is -3.75. The summed E-state index contributed by atoms with van der Waals surface area (Å²) < 4.78 is 27.4. The predicted octanol–water partition coefficient (Wildman–Crippen LogP) is 1.45. The van der Waals surface area contributed by atoms with Crippen molar-refractivity contribution in [2.75, 3.05) is 12.3 Å². The number of aliphatic hydroxyl groups excluding tert-OH is 1. The van der Waals surface area contributed by atoms with E-state index in [9.17, 15) is 8.42 Å². The van der Waals surface area contributed by atoms with E-state index >= 15 is 0 Å². The standard InChI is InChI=1S/C9H12Br2N2O3S/c1-5(4-14)13-17(15,16)9-7(11)2-6(10)3-8(9)12/h2-3,5,13-14H,4,12H2,1H3/t5-/m0/s1. The third-order valence-electron chi connectivity index (χ3n) is 1.94. The lowest BCUT2D eigenvalue weighted by Crippen LogP contribution is -2.35. The Hall–Kier alpha value is -0.150. The zero-order valence-electron chi connectivity index (χ0n) is 8.94. The van der Waals surface area contributed by atoms with Gasteiger partial charge in [0.15, 0.2) is 0 Å². The van der Waals surface area contributed by atoms with Crippen molar-refractivity contribution in [3.63, 3.8) is 0 Å². The summed E-state index contributed by atoms with van der Waals surface area (Å²) in [6.07, 6.45) is 0. The molecule has 17 heavy (non-hydrogen) atoms. The van der Waals surface area contributed by atoms with Crippen molar-refractivity contribution in [3.8, 4) is 0 Å². The molecule has 96 valence electrons. The van der Waals surface area contributed by atoms with Crippen molar-refractivity contribution in [1.29, 1.82) is 0 Å². The predicted molar refractivity (Wildman–Crippen MR) is 73.1 cm³/mol. The zero-order chi connectivity index (χ0) is 13.2. The summed E-state index contributed by atoms with van der Waals surface area (Å²) in [5.41, 5.74) is 5.81. The Balaban J connectivity index is 3.25. The van der Waals surface area contributed by atoms with E-state index in [1.165, 1.54) is 6.07 Å². The van der Waals surface area contributed by atoms with Crippen LogP contribution in [-0.2, 0) is 10.0 Å². The first kappa shape index (κ1) is 14.9. The third-order valence-corrected chi connectivity index (χ3v) is 4.99. The molecule has 5 nitrogen and oxygen atoms in total. The van der Waals surface area contributed by atoms with Crippen LogP contribution in [0.1, 0.15) is 6.92 Å². The highest BCUT2D eigenvalue weighted by Crippen LogP contribution is 2.31. The molecule has 0 amide bonds. The number of hydrogen-bond acceptors (Lipinski definition) is 4. The second kappa shape index (κ2) is 5.66. The minimum absolute atomic E-state index is 0.0269. The molecule has 4 N–H and O–H groups in total. The molecule has 0 aliphatic rings. The number of aliphatic hydroxyl groups is 1. The van der Waals surface area contributed by atoms with E-state index in [0.29, 0.717) is 8.95 Å². The number of anilines is 1. The maximum atomic E-state index is 12.0. The minimum Gasteiger partial charge on any atom is -0.398 e. The molecule has 1 aromatic rings. The number of hydrogen-bond donors (Lipinski definition) is 3. The fourth-order valence-corrected chi connectivity index (χ4v) is 4.53. The fourth-order valence-electron chi connectivity index (χ4n) is 1.22. The van der Waals surface area contributed by atoms with Crippen molar-refractivity contribution in [2.45, 2.75) is 17.9 Å². The van der Waals surface area contributed by atoms with Crippen LogP contribution in [0.15, 0.2) is 26.0 Å². The van der Waals surface area contributed by atoms with Crippen molar-refractivity contribution in [3.05, 3.63) is 21.1 Å². The molecular formula is C9H12Br2N2O3S. The molecular weight excluding hydrogens is 376 g/mol. The van der Waals surface area contributed by atoms with Gasteiger partial charge >= 0.3 is 0 Å². The molecule has 0 spiro atoms. The Bertz CT molecular complexity index is 496. The Morgan fingerprint density at radius 1 is 1.47 bits per heavy atom. The van der Waals surface area contributed by atoms with Gasteiger partial charge in [0.1, 0.15) is 4.90 Å². The van der Waals surface area contributed by atoms with Crippen LogP contribution in [0.3, 0.4) is 0 Å². The van der Waals surface area contributed by atoms with E-state index in [1.54, 1.807) is 13.0 Å². The topological polar surface area (TPSA) is 92.4 Å². The second-order valence-electron chi connectivity index (χ2n) is 3.51. The summed E-state index contributed by atoms with van der Waals surface area (Å²) >= 11 is 6.37. The second-order valence-corrected chi connectivity index (χ2v) is 6.93. The quantitative estimate of drug-likeness (QED) is 0.681. The van der Waals surface area contributed by atoms with Crippen LogP contribution in [0.2, 0.25) is 0 Å². The molecule has 8 heteroatoms. The van der Waals surface area contributed by atoms with E-state index in [2.05, 4.69) is 36.6 Å². The van der Waals surface area contributed by atoms with Gasteiger partial charge in [-0.15, -0.1) is 0 Å². The molecule has 1 atom stereocenters. The Labute approximate surface area is 117 Å². The smallest absolute Gasteiger partial charge is 0.244 e. The zero-order valence-corrected chi connectivity index (χ0v) is 12.9. The Kier molecular flexibility index (Phi) is 4.96. The first-order valence-electron chi connectivity index (χ1n) is 4.65. The lowest BCUT2D eigenvalue weighted by molar-refractivity contribution is 0.265. The van der Waals surface area contributed by atoms with E-state index < -0.39 is 16.1 Å². The van der Waals surface area contributed by atoms with Gasteiger partial charge in [0.25, 0.3) is 0 Å². The molecule has 1 rings (SSSR count). The number of sulfonamides is 1. The molecule has 0 aliphatic carbocycles. The van der Waals surface area contributed by atoms with E-state index in [0.717, 1.165) is 0 Å². The summed E-state index contributed by atoms with van der Waals surface area (Å²) in [6, 6.07) is 2.52. The van der Waals surface area contributed by atoms with Crippen LogP contribution < -0.4 is 10.5 Å². The molecule has 0 heterocycles. The number of nitrogens with two attached hydrogens (primary N) is 1. The van der Waals surface area contributed by atoms with Gasteiger partial charge in [0, 0.05) is 15.0 Å². The number of nitrogen functional groups attached to an aromatic ring is 1. The lowest BCUT2D eigenvalue weighted by atomic mass is 10.3. The monoisotopic (exact) mass is 386 g/mol. The summed E-state index contributed by atoms with van der Waals surface area (Å²) in [4.78, 5) is -0.0269. The molecule has 0 aromatic heterocycles. The highest BCUT2D eigenvalue weighted by molar-refractivity contribution is 9.11. The average Bonchev–Trinajstić information content (AvgIpc) is 2.14. The molecule has 0 unspecified atom stereocenters. The van der Waals surface area contributed by atoms with Gasteiger partial charge in [-0.3, -0.25) is 0 Å². The van der Waals surface area contributed by atoms with Crippen LogP contribution in [0, 0.1) is 0 Å². The highest BCUT2D eigenvalue weighted by atomic mass is 79.9. The van der Waals surface area contributed by atoms with Gasteiger partial charge in [-0.25, -0.2) is 13.1 Å². The SMILES string of the molecule is C[C@@H](CO)NS(=O)(=O)c1c(N)cc(Br)cc1Br. The van der Waals surface area contributed by atoms with E-state index in [1.807, 2.05) is 0 Å². The number of nitrogens with one attached hydrogen (secondary N) is 1. The van der Waals surface area contributed by atoms with Crippen LogP contribution in [0.25, 0.3) is 0 Å². The maximum absolute atomic E-state index is 12.0. The molecule has 0 saturated carbocycles. The maximum Gasteiger partial charge on any atom is 0.244 e. The first-order valence-corrected chi connectivity index (χ1v) is 7.72. The molecule has 0 fully saturated rings. The van der Waals surface area contributed by atoms with E-state index in [-0.39, 0.29) is 17.2 Å². The average molecular weight is 388 g/mol. The van der Waals surface area contributed by atoms with Crippen LogP contribution >= 0.6 is 31.9 Å². The number of benzene rings is 1. The van der Waals surface area contributed by atoms with Crippen molar-refractivity contribution in [1.82, 2.24) is 4.72 Å². The van der Waals surface area contributed by atoms with Crippen molar-refractivity contribution in [2.24, 2.45) is 0 Å². The fraction of sp³-hybridized carbons (Fsp3) is 0.333.